The Kier molecular flexibility index (Phi) is 3.02. The van der Waals surface area contributed by atoms with Gasteiger partial charge in [0.1, 0.15) is 0 Å². The summed E-state index contributed by atoms with van der Waals surface area (Å²) in [7, 11) is 0. The second kappa shape index (κ2) is 4.28. The van der Waals surface area contributed by atoms with Crippen molar-refractivity contribution < 1.29 is 9.90 Å². The molecule has 1 N–H and O–H groups in total. The fourth-order valence-electron chi connectivity index (χ4n) is 1.82. The number of hydrogen-bond acceptors (Lipinski definition) is 4. The van der Waals surface area contributed by atoms with Crippen molar-refractivity contribution in [3.63, 3.8) is 0 Å². The van der Waals surface area contributed by atoms with Gasteiger partial charge in [-0.05, 0) is 6.92 Å². The lowest BCUT2D eigenvalue weighted by atomic mass is 10.2. The van der Waals surface area contributed by atoms with Crippen molar-refractivity contribution in [1.82, 2.24) is 9.88 Å². The van der Waals surface area contributed by atoms with Crippen LogP contribution in [0, 0.1) is 6.92 Å². The van der Waals surface area contributed by atoms with Crippen LogP contribution in [0.2, 0.25) is 0 Å². The number of aliphatic carboxylic acids is 1. The van der Waals surface area contributed by atoms with Crippen LogP contribution in [0.4, 0.5) is 0 Å². The van der Waals surface area contributed by atoms with E-state index in [1.807, 2.05) is 6.92 Å². The number of nitrogens with zero attached hydrogens (tertiary/aromatic N) is 2. The third kappa shape index (κ3) is 2.54. The molecule has 0 amide bonds. The van der Waals surface area contributed by atoms with Crippen LogP contribution in [-0.4, -0.2) is 34.0 Å². The minimum Gasteiger partial charge on any atom is -0.481 e. The normalized spacial score (nSPS) is 16.3. The molecule has 0 saturated carbocycles. The highest BCUT2D eigenvalue weighted by molar-refractivity contribution is 7.11. The van der Waals surface area contributed by atoms with E-state index in [0.717, 1.165) is 24.5 Å². The smallest absolute Gasteiger partial charge is 0.304 e. The molecule has 0 fully saturated rings. The minimum atomic E-state index is -0.721. The Labute approximate surface area is 92.6 Å². The van der Waals surface area contributed by atoms with Gasteiger partial charge in [0.2, 0.25) is 0 Å². The highest BCUT2D eigenvalue weighted by Gasteiger charge is 2.19. The number of fused-ring (bicyclic) bond motifs is 1. The van der Waals surface area contributed by atoms with Crippen molar-refractivity contribution in [2.45, 2.75) is 26.3 Å². The molecule has 4 nitrogen and oxygen atoms in total. The molecule has 2 heterocycles. The second-order valence-corrected chi connectivity index (χ2v) is 5.06. The molecule has 2 rings (SSSR count). The molecular weight excluding hydrogens is 212 g/mol. The Morgan fingerprint density at radius 2 is 2.47 bits per heavy atom. The van der Waals surface area contributed by atoms with Gasteiger partial charge in [-0.15, -0.1) is 11.3 Å². The summed E-state index contributed by atoms with van der Waals surface area (Å²) in [6.45, 7) is 4.47. The molecule has 15 heavy (non-hydrogen) atoms. The molecule has 0 aliphatic carbocycles. The first-order chi connectivity index (χ1) is 7.15. The van der Waals surface area contributed by atoms with Crippen LogP contribution < -0.4 is 0 Å². The molecule has 1 aliphatic heterocycles. The van der Waals surface area contributed by atoms with E-state index in [4.69, 9.17) is 5.11 Å². The zero-order valence-corrected chi connectivity index (χ0v) is 9.51. The molecule has 0 aromatic carbocycles. The Balaban J connectivity index is 1.96. The van der Waals surface area contributed by atoms with Gasteiger partial charge in [-0.1, -0.05) is 0 Å². The zero-order valence-electron chi connectivity index (χ0n) is 8.69. The SMILES string of the molecule is Cc1nc2c(s1)CN(CCC(=O)O)CC2. The van der Waals surface area contributed by atoms with E-state index in [1.54, 1.807) is 11.3 Å². The van der Waals surface area contributed by atoms with E-state index < -0.39 is 5.97 Å². The summed E-state index contributed by atoms with van der Waals surface area (Å²) in [5, 5.41) is 9.72. The van der Waals surface area contributed by atoms with Gasteiger partial charge < -0.3 is 5.11 Å². The third-order valence-corrected chi connectivity index (χ3v) is 3.56. The number of thiazole rings is 1. The van der Waals surface area contributed by atoms with Gasteiger partial charge in [-0.25, -0.2) is 4.98 Å². The second-order valence-electron chi connectivity index (χ2n) is 3.77. The van der Waals surface area contributed by atoms with Crippen molar-refractivity contribution in [2.24, 2.45) is 0 Å². The van der Waals surface area contributed by atoms with Gasteiger partial charge in [-0.2, -0.15) is 0 Å². The summed E-state index contributed by atoms with van der Waals surface area (Å²) >= 11 is 1.73. The van der Waals surface area contributed by atoms with E-state index >= 15 is 0 Å². The van der Waals surface area contributed by atoms with E-state index in [0.29, 0.717) is 6.54 Å². The number of carboxylic acid groups (broad SMARTS) is 1. The lowest BCUT2D eigenvalue weighted by molar-refractivity contribution is -0.137. The number of rotatable bonds is 3. The molecule has 0 radical (unpaired) electrons. The number of aryl methyl sites for hydroxylation is 1. The standard InChI is InChI=1S/C10H14N2O2S/c1-7-11-8-2-4-12(5-3-10(13)14)6-9(8)15-7/h2-6H2,1H3,(H,13,14). The van der Waals surface area contributed by atoms with Gasteiger partial charge >= 0.3 is 5.97 Å². The lowest BCUT2D eigenvalue weighted by Crippen LogP contribution is -2.31. The average Bonchev–Trinajstić information content (AvgIpc) is 2.53. The predicted octanol–water partition coefficient (Wildman–Crippen LogP) is 1.28. The molecular formula is C10H14N2O2S. The van der Waals surface area contributed by atoms with E-state index in [1.165, 1.54) is 10.6 Å². The zero-order chi connectivity index (χ0) is 10.8. The Morgan fingerprint density at radius 3 is 3.20 bits per heavy atom. The molecule has 5 heteroatoms. The molecule has 82 valence electrons. The third-order valence-electron chi connectivity index (χ3n) is 2.56. The molecule has 0 unspecified atom stereocenters. The minimum absolute atomic E-state index is 0.229. The predicted molar refractivity (Wildman–Crippen MR) is 58.1 cm³/mol. The monoisotopic (exact) mass is 226 g/mol. The number of aromatic nitrogens is 1. The fourth-order valence-corrected chi connectivity index (χ4v) is 2.85. The first-order valence-corrected chi connectivity index (χ1v) is 5.86. The maximum atomic E-state index is 10.5. The van der Waals surface area contributed by atoms with Crippen LogP contribution in [0.1, 0.15) is 22.0 Å². The van der Waals surface area contributed by atoms with Crippen LogP contribution in [0.15, 0.2) is 0 Å². The quantitative estimate of drug-likeness (QED) is 0.843. The van der Waals surface area contributed by atoms with Crippen LogP contribution in [0.3, 0.4) is 0 Å². The maximum Gasteiger partial charge on any atom is 0.304 e. The van der Waals surface area contributed by atoms with Gasteiger partial charge in [0.05, 0.1) is 17.1 Å². The van der Waals surface area contributed by atoms with E-state index in [9.17, 15) is 4.79 Å². The highest BCUT2D eigenvalue weighted by Crippen LogP contribution is 2.24. The van der Waals surface area contributed by atoms with Crippen LogP contribution >= 0.6 is 11.3 Å². The Bertz CT molecular complexity index is 375. The number of hydrogen-bond donors (Lipinski definition) is 1. The molecule has 0 atom stereocenters. The molecule has 0 spiro atoms. The molecule has 1 aliphatic rings. The van der Waals surface area contributed by atoms with Crippen LogP contribution in [-0.2, 0) is 17.8 Å². The molecule has 1 aromatic rings. The topological polar surface area (TPSA) is 53.4 Å². The lowest BCUT2D eigenvalue weighted by Gasteiger charge is -2.24. The molecule has 0 bridgehead atoms. The first-order valence-electron chi connectivity index (χ1n) is 5.04. The van der Waals surface area contributed by atoms with Gasteiger partial charge in [0.15, 0.2) is 0 Å². The Morgan fingerprint density at radius 1 is 1.67 bits per heavy atom. The van der Waals surface area contributed by atoms with Gasteiger partial charge in [0.25, 0.3) is 0 Å². The average molecular weight is 226 g/mol. The van der Waals surface area contributed by atoms with Crippen molar-refractivity contribution in [3.8, 4) is 0 Å². The van der Waals surface area contributed by atoms with Crippen molar-refractivity contribution in [2.75, 3.05) is 13.1 Å². The maximum absolute atomic E-state index is 10.5. The van der Waals surface area contributed by atoms with Crippen molar-refractivity contribution in [1.29, 1.82) is 0 Å². The summed E-state index contributed by atoms with van der Waals surface area (Å²) in [4.78, 5) is 18.4. The first kappa shape index (κ1) is 10.6. The molecule has 0 saturated heterocycles. The van der Waals surface area contributed by atoms with Crippen LogP contribution in [0.25, 0.3) is 0 Å². The summed E-state index contributed by atoms with van der Waals surface area (Å²) in [5.74, 6) is -0.721. The number of carbonyl (C=O) groups is 1. The fraction of sp³-hybridized carbons (Fsp3) is 0.600. The summed E-state index contributed by atoms with van der Waals surface area (Å²) in [6, 6.07) is 0. The van der Waals surface area contributed by atoms with Crippen molar-refractivity contribution in [3.05, 3.63) is 15.6 Å². The molecule has 1 aromatic heterocycles. The largest absolute Gasteiger partial charge is 0.481 e. The number of carboxylic acids is 1. The summed E-state index contributed by atoms with van der Waals surface area (Å²) < 4.78 is 0. The van der Waals surface area contributed by atoms with E-state index in [2.05, 4.69) is 9.88 Å². The summed E-state index contributed by atoms with van der Waals surface area (Å²) in [6.07, 6.45) is 1.19. The highest BCUT2D eigenvalue weighted by atomic mass is 32.1. The Hall–Kier alpha value is -0.940. The van der Waals surface area contributed by atoms with Crippen molar-refractivity contribution >= 4 is 17.3 Å². The van der Waals surface area contributed by atoms with Crippen LogP contribution in [0.5, 0.6) is 0 Å². The van der Waals surface area contributed by atoms with Gasteiger partial charge in [-0.3, -0.25) is 9.69 Å². The summed E-state index contributed by atoms with van der Waals surface area (Å²) in [5.41, 5.74) is 1.21. The van der Waals surface area contributed by atoms with E-state index in [-0.39, 0.29) is 6.42 Å². The van der Waals surface area contributed by atoms with Gasteiger partial charge in [0, 0.05) is 30.9 Å².